The zero-order valence-electron chi connectivity index (χ0n) is 12.5. The molecule has 2 heterocycles. The highest BCUT2D eigenvalue weighted by molar-refractivity contribution is 7.16. The molecule has 0 spiro atoms. The van der Waals surface area contributed by atoms with Gasteiger partial charge in [0.1, 0.15) is 5.01 Å². The Morgan fingerprint density at radius 3 is 2.90 bits per heavy atom. The van der Waals surface area contributed by atoms with Gasteiger partial charge in [0, 0.05) is 19.6 Å². The SMILES string of the molecule is COCCCC(N)c1nn2c(C3CCCCC3)nnc2s1. The zero-order valence-corrected chi connectivity index (χ0v) is 13.3. The van der Waals surface area contributed by atoms with E-state index in [9.17, 15) is 0 Å². The van der Waals surface area contributed by atoms with Gasteiger partial charge >= 0.3 is 0 Å². The van der Waals surface area contributed by atoms with Crippen molar-refractivity contribution >= 4 is 16.3 Å². The largest absolute Gasteiger partial charge is 0.385 e. The second-order valence-corrected chi connectivity index (χ2v) is 6.76. The maximum Gasteiger partial charge on any atom is 0.234 e. The molecule has 1 atom stereocenters. The van der Waals surface area contributed by atoms with Crippen molar-refractivity contribution in [1.82, 2.24) is 19.8 Å². The molecule has 1 aliphatic carbocycles. The van der Waals surface area contributed by atoms with Crippen LogP contribution in [0.25, 0.3) is 4.96 Å². The smallest absolute Gasteiger partial charge is 0.234 e. The number of hydrogen-bond donors (Lipinski definition) is 1. The number of hydrogen-bond acceptors (Lipinski definition) is 6. The van der Waals surface area contributed by atoms with E-state index < -0.39 is 0 Å². The first kappa shape index (κ1) is 14.9. The molecule has 3 rings (SSSR count). The van der Waals surface area contributed by atoms with E-state index in [4.69, 9.17) is 10.5 Å². The van der Waals surface area contributed by atoms with Crippen LogP contribution in [0.4, 0.5) is 0 Å². The van der Waals surface area contributed by atoms with E-state index >= 15 is 0 Å². The third-order valence-electron chi connectivity index (χ3n) is 4.18. The van der Waals surface area contributed by atoms with Crippen LogP contribution in [0.2, 0.25) is 0 Å². The molecule has 7 heteroatoms. The van der Waals surface area contributed by atoms with E-state index in [2.05, 4.69) is 15.3 Å². The molecule has 2 aromatic heterocycles. The summed E-state index contributed by atoms with van der Waals surface area (Å²) >= 11 is 1.56. The summed E-state index contributed by atoms with van der Waals surface area (Å²) in [6.45, 7) is 0.741. The van der Waals surface area contributed by atoms with Crippen LogP contribution in [-0.4, -0.2) is 33.5 Å². The molecule has 1 unspecified atom stereocenters. The third-order valence-corrected chi connectivity index (χ3v) is 5.21. The standard InChI is InChI=1S/C14H23N5OS/c1-20-9-5-8-11(15)13-18-19-12(16-17-14(19)21-13)10-6-3-2-4-7-10/h10-11H,2-9,15H2,1H3. The number of nitrogens with zero attached hydrogens (tertiary/aromatic N) is 4. The summed E-state index contributed by atoms with van der Waals surface area (Å²) in [5.74, 6) is 1.53. The molecule has 6 nitrogen and oxygen atoms in total. The summed E-state index contributed by atoms with van der Waals surface area (Å²) in [5.41, 5.74) is 6.22. The van der Waals surface area contributed by atoms with Crippen LogP contribution in [-0.2, 0) is 4.74 Å². The minimum absolute atomic E-state index is 0.0361. The van der Waals surface area contributed by atoms with Crippen LogP contribution in [0.15, 0.2) is 0 Å². The van der Waals surface area contributed by atoms with Gasteiger partial charge in [0.05, 0.1) is 6.04 Å². The van der Waals surface area contributed by atoms with E-state index in [1.165, 1.54) is 32.1 Å². The van der Waals surface area contributed by atoms with Crippen molar-refractivity contribution in [2.45, 2.75) is 56.9 Å². The molecule has 1 fully saturated rings. The average Bonchev–Trinajstić information content (AvgIpc) is 3.08. The average molecular weight is 309 g/mol. The highest BCUT2D eigenvalue weighted by Crippen LogP contribution is 2.33. The van der Waals surface area contributed by atoms with Gasteiger partial charge in [0.25, 0.3) is 0 Å². The van der Waals surface area contributed by atoms with Crippen LogP contribution >= 0.6 is 11.3 Å². The fourth-order valence-corrected chi connectivity index (χ4v) is 3.86. The predicted octanol–water partition coefficient (Wildman–Crippen LogP) is 2.66. The second-order valence-electron chi connectivity index (χ2n) is 5.77. The van der Waals surface area contributed by atoms with Gasteiger partial charge < -0.3 is 10.5 Å². The Morgan fingerprint density at radius 2 is 2.14 bits per heavy atom. The number of rotatable bonds is 6. The van der Waals surface area contributed by atoms with Gasteiger partial charge in [-0.2, -0.15) is 9.61 Å². The summed E-state index contributed by atoms with van der Waals surface area (Å²) in [6, 6.07) is -0.0361. The third kappa shape index (κ3) is 3.25. The van der Waals surface area contributed by atoms with Crippen LogP contribution in [0.5, 0.6) is 0 Å². The van der Waals surface area contributed by atoms with Crippen LogP contribution in [0, 0.1) is 0 Å². The number of methoxy groups -OCH3 is 1. The Balaban J connectivity index is 1.75. The van der Waals surface area contributed by atoms with Crippen molar-refractivity contribution in [2.24, 2.45) is 5.73 Å². The lowest BCUT2D eigenvalue weighted by atomic mass is 9.89. The van der Waals surface area contributed by atoms with Crippen molar-refractivity contribution in [3.63, 3.8) is 0 Å². The molecule has 0 aromatic carbocycles. The molecular formula is C14H23N5OS. The molecule has 116 valence electrons. The van der Waals surface area contributed by atoms with Crippen LogP contribution in [0.1, 0.15) is 67.7 Å². The molecule has 1 aliphatic rings. The Hall–Kier alpha value is -1.05. The van der Waals surface area contributed by atoms with Gasteiger partial charge in [-0.15, -0.1) is 10.2 Å². The Kier molecular flexibility index (Phi) is 4.82. The topological polar surface area (TPSA) is 78.3 Å². The van der Waals surface area contributed by atoms with Crippen molar-refractivity contribution < 1.29 is 4.74 Å². The monoisotopic (exact) mass is 309 g/mol. The van der Waals surface area contributed by atoms with Crippen molar-refractivity contribution in [3.05, 3.63) is 10.8 Å². The quantitative estimate of drug-likeness (QED) is 0.830. The van der Waals surface area contributed by atoms with Crippen LogP contribution < -0.4 is 5.73 Å². The summed E-state index contributed by atoms with van der Waals surface area (Å²) < 4.78 is 6.99. The molecule has 0 aliphatic heterocycles. The number of fused-ring (bicyclic) bond motifs is 1. The Morgan fingerprint density at radius 1 is 1.33 bits per heavy atom. The van der Waals surface area contributed by atoms with Crippen molar-refractivity contribution in [1.29, 1.82) is 0 Å². The van der Waals surface area contributed by atoms with Gasteiger partial charge in [-0.1, -0.05) is 30.6 Å². The molecule has 0 amide bonds. The van der Waals surface area contributed by atoms with Crippen LogP contribution in [0.3, 0.4) is 0 Å². The molecular weight excluding hydrogens is 286 g/mol. The number of ether oxygens (including phenoxy) is 1. The fraction of sp³-hybridized carbons (Fsp3) is 0.786. The van der Waals surface area contributed by atoms with Crippen molar-refractivity contribution in [2.75, 3.05) is 13.7 Å². The second kappa shape index (κ2) is 6.81. The summed E-state index contributed by atoms with van der Waals surface area (Å²) in [4.78, 5) is 0.868. The Bertz CT molecular complexity index is 575. The van der Waals surface area contributed by atoms with E-state index in [-0.39, 0.29) is 6.04 Å². The predicted molar refractivity (Wildman–Crippen MR) is 82.5 cm³/mol. The maximum atomic E-state index is 6.22. The lowest BCUT2D eigenvalue weighted by Crippen LogP contribution is -2.13. The summed E-state index contributed by atoms with van der Waals surface area (Å²) in [7, 11) is 1.71. The van der Waals surface area contributed by atoms with Gasteiger partial charge in [-0.05, 0) is 25.7 Å². The minimum Gasteiger partial charge on any atom is -0.385 e. The van der Waals surface area contributed by atoms with E-state index in [0.717, 1.165) is 35.2 Å². The molecule has 1 saturated carbocycles. The summed E-state index contributed by atoms with van der Waals surface area (Å²) in [6.07, 6.45) is 8.15. The summed E-state index contributed by atoms with van der Waals surface area (Å²) in [5, 5.41) is 14.3. The normalized spacial score (nSPS) is 18.4. The number of aromatic nitrogens is 4. The van der Waals surface area contributed by atoms with Gasteiger partial charge in [-0.25, -0.2) is 0 Å². The Labute approximate surface area is 128 Å². The first-order chi connectivity index (χ1) is 10.3. The molecule has 2 aromatic rings. The van der Waals surface area contributed by atoms with E-state index in [1.54, 1.807) is 18.4 Å². The first-order valence-corrected chi connectivity index (χ1v) is 8.58. The van der Waals surface area contributed by atoms with Gasteiger partial charge in [0.2, 0.25) is 4.96 Å². The molecule has 0 bridgehead atoms. The molecule has 21 heavy (non-hydrogen) atoms. The molecule has 2 N–H and O–H groups in total. The van der Waals surface area contributed by atoms with Gasteiger partial charge in [-0.3, -0.25) is 0 Å². The minimum atomic E-state index is -0.0361. The first-order valence-electron chi connectivity index (χ1n) is 7.76. The lowest BCUT2D eigenvalue weighted by molar-refractivity contribution is 0.190. The molecule has 0 radical (unpaired) electrons. The van der Waals surface area contributed by atoms with E-state index in [1.807, 2.05) is 4.52 Å². The van der Waals surface area contributed by atoms with Gasteiger partial charge in [0.15, 0.2) is 5.82 Å². The maximum absolute atomic E-state index is 6.22. The zero-order chi connectivity index (χ0) is 14.7. The lowest BCUT2D eigenvalue weighted by Gasteiger charge is -2.18. The van der Waals surface area contributed by atoms with E-state index in [0.29, 0.717) is 5.92 Å². The van der Waals surface area contributed by atoms with Crippen molar-refractivity contribution in [3.8, 4) is 0 Å². The highest BCUT2D eigenvalue weighted by atomic mass is 32.1. The highest BCUT2D eigenvalue weighted by Gasteiger charge is 2.23. The molecule has 0 saturated heterocycles. The number of nitrogens with two attached hydrogens (primary N) is 1. The fourth-order valence-electron chi connectivity index (χ4n) is 2.98.